The van der Waals surface area contributed by atoms with E-state index < -0.39 is 6.04 Å². The smallest absolute Gasteiger partial charge is 0.297 e. The first kappa shape index (κ1) is 17.6. The van der Waals surface area contributed by atoms with Crippen LogP contribution in [0.1, 0.15) is 34.6 Å². The van der Waals surface area contributed by atoms with Gasteiger partial charge >= 0.3 is 0 Å². The number of amides is 1. The molecule has 0 saturated carbocycles. The summed E-state index contributed by atoms with van der Waals surface area (Å²) in [4.78, 5) is 32.5. The van der Waals surface area contributed by atoms with Crippen LogP contribution in [0.2, 0.25) is 0 Å². The molecule has 0 N–H and O–H groups in total. The number of benzene rings is 2. The number of nitrogens with zero attached hydrogens (tertiary/aromatic N) is 2. The number of ether oxygens (including phenoxy) is 1. The Morgan fingerprint density at radius 3 is 2.83 bits per heavy atom. The van der Waals surface area contributed by atoms with E-state index in [1.807, 2.05) is 31.2 Å². The summed E-state index contributed by atoms with van der Waals surface area (Å²) in [6.07, 6.45) is 1.63. The average molecular weight is 404 g/mol. The Kier molecular flexibility index (Phi) is 4.17. The van der Waals surface area contributed by atoms with Crippen LogP contribution in [0.5, 0.6) is 5.75 Å². The minimum absolute atomic E-state index is 0.0655. The Morgan fingerprint density at radius 1 is 1.17 bits per heavy atom. The van der Waals surface area contributed by atoms with E-state index in [4.69, 9.17) is 9.15 Å². The monoisotopic (exact) mass is 404 g/mol. The van der Waals surface area contributed by atoms with Gasteiger partial charge in [-0.15, -0.1) is 11.3 Å². The maximum Gasteiger partial charge on any atom is 0.297 e. The maximum absolute atomic E-state index is 13.4. The van der Waals surface area contributed by atoms with Crippen LogP contribution in [0.15, 0.2) is 69.3 Å². The summed E-state index contributed by atoms with van der Waals surface area (Å²) < 4.78 is 11.5. The summed E-state index contributed by atoms with van der Waals surface area (Å²) in [5.41, 5.74) is 1.28. The van der Waals surface area contributed by atoms with E-state index in [0.29, 0.717) is 34.0 Å². The molecular formula is C22H16N2O4S. The molecule has 144 valence electrons. The van der Waals surface area contributed by atoms with Crippen molar-refractivity contribution in [3.8, 4) is 5.75 Å². The zero-order valence-electron chi connectivity index (χ0n) is 15.5. The molecule has 1 amide bonds. The first-order chi connectivity index (χ1) is 14.2. The number of rotatable bonds is 4. The highest BCUT2D eigenvalue weighted by atomic mass is 32.1. The number of aromatic nitrogens is 1. The molecule has 0 radical (unpaired) electrons. The number of carbonyl (C=O) groups excluding carboxylic acids is 1. The molecule has 0 bridgehead atoms. The molecule has 4 aromatic rings. The molecule has 1 unspecified atom stereocenters. The van der Waals surface area contributed by atoms with Crippen LogP contribution in [-0.2, 0) is 0 Å². The van der Waals surface area contributed by atoms with Gasteiger partial charge in [0.25, 0.3) is 5.91 Å². The Bertz CT molecular complexity index is 1280. The van der Waals surface area contributed by atoms with Gasteiger partial charge in [0.1, 0.15) is 11.3 Å². The van der Waals surface area contributed by atoms with Gasteiger partial charge in [-0.3, -0.25) is 14.5 Å². The van der Waals surface area contributed by atoms with Gasteiger partial charge in [0, 0.05) is 11.6 Å². The number of hydrogen-bond acceptors (Lipinski definition) is 6. The lowest BCUT2D eigenvalue weighted by Crippen LogP contribution is -2.29. The molecule has 0 aliphatic carbocycles. The highest BCUT2D eigenvalue weighted by Crippen LogP contribution is 2.42. The zero-order chi connectivity index (χ0) is 20.0. The van der Waals surface area contributed by atoms with Gasteiger partial charge in [-0.2, -0.15) is 0 Å². The molecule has 0 spiro atoms. The standard InChI is InChI=1S/C22H16N2O4S/c1-2-27-14-7-5-6-13(12-14)18-17-19(25)15-8-3-4-9-16(15)28-20(17)21(26)24(18)22-23-10-11-29-22/h3-12,18H,2H2,1H3. The van der Waals surface area contributed by atoms with Crippen molar-refractivity contribution in [3.05, 3.63) is 87.2 Å². The third-order valence-electron chi connectivity index (χ3n) is 4.89. The van der Waals surface area contributed by atoms with Gasteiger partial charge in [-0.05, 0) is 36.8 Å². The quantitative estimate of drug-likeness (QED) is 0.504. The van der Waals surface area contributed by atoms with Crippen LogP contribution in [0, 0.1) is 0 Å². The van der Waals surface area contributed by atoms with E-state index in [0.717, 1.165) is 5.56 Å². The summed E-state index contributed by atoms with van der Waals surface area (Å²) in [5, 5.41) is 2.76. The number of para-hydroxylation sites is 1. The van der Waals surface area contributed by atoms with Crippen molar-refractivity contribution < 1.29 is 13.9 Å². The molecule has 2 aromatic carbocycles. The fourth-order valence-corrected chi connectivity index (χ4v) is 4.38. The van der Waals surface area contributed by atoms with Gasteiger partial charge in [0.05, 0.1) is 23.6 Å². The topological polar surface area (TPSA) is 72.6 Å². The van der Waals surface area contributed by atoms with Gasteiger partial charge in [0.15, 0.2) is 10.6 Å². The van der Waals surface area contributed by atoms with Crippen LogP contribution in [0.4, 0.5) is 5.13 Å². The van der Waals surface area contributed by atoms with Crippen LogP contribution >= 0.6 is 11.3 Å². The lowest BCUT2D eigenvalue weighted by Gasteiger charge is -2.22. The summed E-state index contributed by atoms with van der Waals surface area (Å²) in [7, 11) is 0. The molecule has 1 atom stereocenters. The number of fused-ring (bicyclic) bond motifs is 2. The normalized spacial score (nSPS) is 15.7. The first-order valence-electron chi connectivity index (χ1n) is 9.20. The summed E-state index contributed by atoms with van der Waals surface area (Å²) in [5.74, 6) is 0.371. The van der Waals surface area contributed by atoms with Crippen molar-refractivity contribution >= 4 is 33.3 Å². The van der Waals surface area contributed by atoms with Crippen molar-refractivity contribution in [3.63, 3.8) is 0 Å². The fourth-order valence-electron chi connectivity index (χ4n) is 3.71. The number of hydrogen-bond donors (Lipinski definition) is 0. The Labute approximate surface area is 170 Å². The van der Waals surface area contributed by atoms with Crippen LogP contribution < -0.4 is 15.1 Å². The average Bonchev–Trinajstić information content (AvgIpc) is 3.36. The van der Waals surface area contributed by atoms with E-state index in [9.17, 15) is 9.59 Å². The molecule has 1 aliphatic heterocycles. The molecular weight excluding hydrogens is 388 g/mol. The van der Waals surface area contributed by atoms with Gasteiger partial charge < -0.3 is 9.15 Å². The number of carbonyl (C=O) groups is 1. The highest BCUT2D eigenvalue weighted by Gasteiger charge is 2.44. The van der Waals surface area contributed by atoms with E-state index in [-0.39, 0.29) is 17.1 Å². The van der Waals surface area contributed by atoms with Crippen molar-refractivity contribution in [1.82, 2.24) is 4.98 Å². The summed E-state index contributed by atoms with van der Waals surface area (Å²) in [6.45, 7) is 2.43. The largest absolute Gasteiger partial charge is 0.494 e. The molecule has 0 fully saturated rings. The summed E-state index contributed by atoms with van der Waals surface area (Å²) >= 11 is 1.34. The predicted molar refractivity (Wildman–Crippen MR) is 111 cm³/mol. The van der Waals surface area contributed by atoms with Crippen LogP contribution in [0.3, 0.4) is 0 Å². The van der Waals surface area contributed by atoms with E-state index >= 15 is 0 Å². The first-order valence-corrected chi connectivity index (χ1v) is 10.1. The minimum atomic E-state index is -0.634. The maximum atomic E-state index is 13.4. The van der Waals surface area contributed by atoms with Gasteiger partial charge in [0.2, 0.25) is 5.76 Å². The highest BCUT2D eigenvalue weighted by molar-refractivity contribution is 7.13. The predicted octanol–water partition coefficient (Wildman–Crippen LogP) is 4.40. The third-order valence-corrected chi connectivity index (χ3v) is 5.66. The molecule has 7 heteroatoms. The third kappa shape index (κ3) is 2.74. The molecule has 1 aliphatic rings. The second-order valence-electron chi connectivity index (χ2n) is 6.57. The number of anilines is 1. The fraction of sp³-hybridized carbons (Fsp3) is 0.136. The molecule has 2 aromatic heterocycles. The number of thiazole rings is 1. The lowest BCUT2D eigenvalue weighted by molar-refractivity contribution is 0.0971. The Hall–Kier alpha value is -3.45. The Balaban J connectivity index is 1.79. The van der Waals surface area contributed by atoms with Crippen molar-refractivity contribution in [2.45, 2.75) is 13.0 Å². The Morgan fingerprint density at radius 2 is 2.03 bits per heavy atom. The van der Waals surface area contributed by atoms with E-state index in [1.165, 1.54) is 16.2 Å². The SMILES string of the molecule is CCOc1cccc(C2c3c(oc4ccccc4c3=O)C(=O)N2c2nccs2)c1. The zero-order valence-corrected chi connectivity index (χ0v) is 16.3. The van der Waals surface area contributed by atoms with Crippen LogP contribution in [-0.4, -0.2) is 17.5 Å². The van der Waals surface area contributed by atoms with Crippen molar-refractivity contribution in [1.29, 1.82) is 0 Å². The molecule has 0 saturated heterocycles. The molecule has 29 heavy (non-hydrogen) atoms. The van der Waals surface area contributed by atoms with E-state index in [1.54, 1.807) is 35.8 Å². The second kappa shape index (κ2) is 6.86. The summed E-state index contributed by atoms with van der Waals surface area (Å²) in [6, 6.07) is 13.8. The molecule has 6 nitrogen and oxygen atoms in total. The van der Waals surface area contributed by atoms with Crippen LogP contribution in [0.25, 0.3) is 11.0 Å². The lowest BCUT2D eigenvalue weighted by atomic mass is 9.98. The van der Waals surface area contributed by atoms with Crippen molar-refractivity contribution in [2.24, 2.45) is 0 Å². The second-order valence-corrected chi connectivity index (χ2v) is 7.44. The van der Waals surface area contributed by atoms with Gasteiger partial charge in [-0.25, -0.2) is 4.98 Å². The minimum Gasteiger partial charge on any atom is -0.494 e. The van der Waals surface area contributed by atoms with E-state index in [2.05, 4.69) is 4.98 Å². The van der Waals surface area contributed by atoms with Gasteiger partial charge in [-0.1, -0.05) is 24.3 Å². The molecule has 3 heterocycles. The molecule has 5 rings (SSSR count). The van der Waals surface area contributed by atoms with Crippen molar-refractivity contribution in [2.75, 3.05) is 11.5 Å².